The zero-order valence-corrected chi connectivity index (χ0v) is 13.9. The molecule has 112 valence electrons. The number of phenolic OH excluding ortho intramolecular Hbond substituents is 1. The topological polar surface area (TPSA) is 92.4 Å². The van der Waals surface area contributed by atoms with Crippen LogP contribution < -0.4 is 10.5 Å². The van der Waals surface area contributed by atoms with Crippen LogP contribution in [-0.4, -0.2) is 13.5 Å². The largest absolute Gasteiger partial charge is 0.508 e. The van der Waals surface area contributed by atoms with Crippen molar-refractivity contribution in [2.75, 3.05) is 10.5 Å². The van der Waals surface area contributed by atoms with E-state index in [2.05, 4.69) is 20.7 Å². The highest BCUT2D eigenvalue weighted by atomic mass is 79.9. The fraction of sp³-hybridized carbons (Fsp3) is 0.143. The molecule has 0 saturated carbocycles. The molecule has 0 aromatic heterocycles. The van der Waals surface area contributed by atoms with Gasteiger partial charge in [-0.15, -0.1) is 0 Å². The molecule has 2 aromatic rings. The highest BCUT2D eigenvalue weighted by Crippen LogP contribution is 2.29. The summed E-state index contributed by atoms with van der Waals surface area (Å²) in [5, 5.41) is 9.64. The van der Waals surface area contributed by atoms with Crippen molar-refractivity contribution >= 4 is 37.3 Å². The molecule has 0 aliphatic heterocycles. The first-order chi connectivity index (χ1) is 9.70. The molecule has 0 heterocycles. The van der Waals surface area contributed by atoms with Crippen LogP contribution in [0, 0.1) is 13.8 Å². The molecule has 2 aromatic carbocycles. The molecule has 0 spiro atoms. The van der Waals surface area contributed by atoms with Crippen molar-refractivity contribution in [3.63, 3.8) is 0 Å². The number of phenols is 1. The quantitative estimate of drug-likeness (QED) is 0.723. The summed E-state index contributed by atoms with van der Waals surface area (Å²) in [5.41, 5.74) is 7.61. The molecule has 0 radical (unpaired) electrons. The summed E-state index contributed by atoms with van der Waals surface area (Å²) >= 11 is 3.26. The number of nitrogens with two attached hydrogens (primary N) is 1. The van der Waals surface area contributed by atoms with Crippen molar-refractivity contribution in [2.45, 2.75) is 18.7 Å². The summed E-state index contributed by atoms with van der Waals surface area (Å²) in [6.45, 7) is 3.42. The van der Waals surface area contributed by atoms with E-state index < -0.39 is 10.0 Å². The Hall–Kier alpha value is -1.73. The number of benzene rings is 2. The maximum Gasteiger partial charge on any atom is 0.262 e. The number of anilines is 2. The van der Waals surface area contributed by atoms with Gasteiger partial charge in [0.15, 0.2) is 0 Å². The summed E-state index contributed by atoms with van der Waals surface area (Å²) in [6.07, 6.45) is 0. The van der Waals surface area contributed by atoms with Gasteiger partial charge in [-0.1, -0.05) is 6.07 Å². The van der Waals surface area contributed by atoms with Gasteiger partial charge >= 0.3 is 0 Å². The summed E-state index contributed by atoms with van der Waals surface area (Å²) < 4.78 is 27.9. The van der Waals surface area contributed by atoms with E-state index >= 15 is 0 Å². The van der Waals surface area contributed by atoms with E-state index in [0.717, 1.165) is 0 Å². The molecule has 2 rings (SSSR count). The number of aryl methyl sites for hydroxylation is 2. The third-order valence-electron chi connectivity index (χ3n) is 3.05. The van der Waals surface area contributed by atoms with Crippen LogP contribution in [0.25, 0.3) is 0 Å². The first kappa shape index (κ1) is 15.7. The van der Waals surface area contributed by atoms with Crippen molar-refractivity contribution in [1.29, 1.82) is 0 Å². The van der Waals surface area contributed by atoms with Gasteiger partial charge in [-0.05, 0) is 59.1 Å². The normalized spacial score (nSPS) is 11.4. The first-order valence-corrected chi connectivity index (χ1v) is 8.36. The summed E-state index contributed by atoms with van der Waals surface area (Å²) in [6, 6.07) is 7.64. The van der Waals surface area contributed by atoms with Crippen LogP contribution in [0.1, 0.15) is 11.1 Å². The molecule has 4 N–H and O–H groups in total. The van der Waals surface area contributed by atoms with Crippen LogP contribution >= 0.6 is 15.9 Å². The van der Waals surface area contributed by atoms with E-state index in [0.29, 0.717) is 27.0 Å². The van der Waals surface area contributed by atoms with Crippen molar-refractivity contribution in [2.24, 2.45) is 0 Å². The third-order valence-corrected chi connectivity index (χ3v) is 5.26. The lowest BCUT2D eigenvalue weighted by atomic mass is 10.2. The zero-order valence-electron chi connectivity index (χ0n) is 11.5. The molecule has 0 unspecified atom stereocenters. The van der Waals surface area contributed by atoms with E-state index in [4.69, 9.17) is 5.73 Å². The Bertz CT molecular complexity index is 804. The Morgan fingerprint density at radius 1 is 1.14 bits per heavy atom. The van der Waals surface area contributed by atoms with Gasteiger partial charge in [0, 0.05) is 16.2 Å². The average molecular weight is 371 g/mol. The van der Waals surface area contributed by atoms with Gasteiger partial charge in [0.2, 0.25) is 0 Å². The number of hydrogen-bond acceptors (Lipinski definition) is 4. The van der Waals surface area contributed by atoms with Gasteiger partial charge in [-0.2, -0.15) is 0 Å². The minimum Gasteiger partial charge on any atom is -0.508 e. The summed E-state index contributed by atoms with van der Waals surface area (Å²) in [4.78, 5) is 0.100. The molecule has 21 heavy (non-hydrogen) atoms. The van der Waals surface area contributed by atoms with Crippen molar-refractivity contribution in [3.8, 4) is 5.75 Å². The highest BCUT2D eigenvalue weighted by Gasteiger charge is 2.19. The lowest BCUT2D eigenvalue weighted by Gasteiger charge is -2.12. The van der Waals surface area contributed by atoms with E-state index in [9.17, 15) is 13.5 Å². The fourth-order valence-corrected chi connectivity index (χ4v) is 3.61. The number of halogens is 1. The molecule has 0 fully saturated rings. The van der Waals surface area contributed by atoms with Crippen molar-refractivity contribution < 1.29 is 13.5 Å². The molecule has 0 saturated heterocycles. The zero-order chi connectivity index (χ0) is 15.8. The van der Waals surface area contributed by atoms with Crippen LogP contribution in [0.3, 0.4) is 0 Å². The van der Waals surface area contributed by atoms with E-state index in [-0.39, 0.29) is 10.6 Å². The number of nitrogen functional groups attached to an aromatic ring is 1. The van der Waals surface area contributed by atoms with Crippen LogP contribution in [0.4, 0.5) is 11.4 Å². The summed E-state index contributed by atoms with van der Waals surface area (Å²) in [7, 11) is -3.77. The Balaban J connectivity index is 2.43. The molecular formula is C14H15BrN2O3S. The van der Waals surface area contributed by atoms with Gasteiger partial charge in [0.25, 0.3) is 10.0 Å². The number of rotatable bonds is 3. The molecule has 5 nitrogen and oxygen atoms in total. The Labute approximate surface area is 132 Å². The molecule has 0 aliphatic rings. The smallest absolute Gasteiger partial charge is 0.262 e. The number of nitrogens with one attached hydrogen (secondary N) is 1. The maximum absolute atomic E-state index is 12.4. The Morgan fingerprint density at radius 2 is 1.81 bits per heavy atom. The van der Waals surface area contributed by atoms with Gasteiger partial charge in [0.1, 0.15) is 5.75 Å². The maximum atomic E-state index is 12.4. The lowest BCUT2D eigenvalue weighted by Crippen LogP contribution is -2.14. The Morgan fingerprint density at radius 3 is 2.43 bits per heavy atom. The summed E-state index contributed by atoms with van der Waals surface area (Å²) in [5.74, 6) is 0.0299. The Kier molecular flexibility index (Phi) is 4.15. The van der Waals surface area contributed by atoms with Crippen LogP contribution in [0.15, 0.2) is 39.7 Å². The van der Waals surface area contributed by atoms with Crippen molar-refractivity contribution in [1.82, 2.24) is 0 Å². The monoisotopic (exact) mass is 370 g/mol. The van der Waals surface area contributed by atoms with Gasteiger partial charge in [0.05, 0.1) is 10.6 Å². The number of aromatic hydroxyl groups is 1. The lowest BCUT2D eigenvalue weighted by molar-refractivity contribution is 0.471. The highest BCUT2D eigenvalue weighted by molar-refractivity contribution is 9.10. The molecule has 0 bridgehead atoms. The number of hydrogen-bond donors (Lipinski definition) is 3. The van der Waals surface area contributed by atoms with Gasteiger partial charge < -0.3 is 10.8 Å². The second-order valence-corrected chi connectivity index (χ2v) is 7.25. The molecule has 0 aliphatic carbocycles. The second kappa shape index (κ2) is 5.57. The SMILES string of the molecule is Cc1ccc(NS(=O)(=O)c2cc(N)c(Br)cc2C)cc1O. The average Bonchev–Trinajstić information content (AvgIpc) is 2.37. The fourth-order valence-electron chi connectivity index (χ4n) is 1.84. The van der Waals surface area contributed by atoms with E-state index in [1.54, 1.807) is 32.0 Å². The molecule has 7 heteroatoms. The van der Waals surface area contributed by atoms with E-state index in [1.807, 2.05) is 0 Å². The minimum absolute atomic E-state index is 0.0299. The number of sulfonamides is 1. The van der Waals surface area contributed by atoms with Crippen LogP contribution in [0.5, 0.6) is 5.75 Å². The first-order valence-electron chi connectivity index (χ1n) is 6.09. The predicted octanol–water partition coefficient (Wildman–Crippen LogP) is 3.15. The molecule has 0 amide bonds. The third kappa shape index (κ3) is 3.30. The van der Waals surface area contributed by atoms with Crippen LogP contribution in [-0.2, 0) is 10.0 Å². The molecule has 0 atom stereocenters. The predicted molar refractivity (Wildman–Crippen MR) is 86.9 cm³/mol. The van der Waals surface area contributed by atoms with E-state index in [1.165, 1.54) is 12.1 Å². The standard InChI is InChI=1S/C14H15BrN2O3S/c1-8-3-4-10(6-13(8)18)17-21(19,20)14-7-12(16)11(15)5-9(14)2/h3-7,17-18H,16H2,1-2H3. The van der Waals surface area contributed by atoms with Gasteiger partial charge in [-0.25, -0.2) is 8.42 Å². The van der Waals surface area contributed by atoms with Crippen LogP contribution in [0.2, 0.25) is 0 Å². The molecular weight excluding hydrogens is 356 g/mol. The second-order valence-electron chi connectivity index (χ2n) is 4.75. The minimum atomic E-state index is -3.77. The van der Waals surface area contributed by atoms with Crippen molar-refractivity contribution in [3.05, 3.63) is 45.9 Å². The van der Waals surface area contributed by atoms with Gasteiger partial charge in [-0.3, -0.25) is 4.72 Å².